The van der Waals surface area contributed by atoms with Gasteiger partial charge < -0.3 is 25.6 Å². The lowest BCUT2D eigenvalue weighted by Gasteiger charge is -2.35. The molecule has 8 heteroatoms. The first kappa shape index (κ1) is 26.2. The molecule has 1 heterocycles. The smallest absolute Gasteiger partial charge is 0.335 e. The number of hydrogen-bond donors (Lipinski definition) is 3. The number of aliphatic hydroxyl groups excluding tert-OH is 1. The third-order valence-corrected chi connectivity index (χ3v) is 4.43. The summed E-state index contributed by atoms with van der Waals surface area (Å²) in [5.74, 6) is -0.881. The molecule has 1 saturated heterocycles. The number of esters is 1. The zero-order valence-corrected chi connectivity index (χ0v) is 17.7. The molecule has 1 aliphatic rings. The van der Waals surface area contributed by atoms with Gasteiger partial charge in [-0.2, -0.15) is 0 Å². The van der Waals surface area contributed by atoms with Gasteiger partial charge in [-0.05, 0) is 56.5 Å². The summed E-state index contributed by atoms with van der Waals surface area (Å²) >= 11 is 0. The standard InChI is InChI=1S/C13H25NO3.C7H7NO2.ClH/c1-4-17-13(16)11-9-14(7-5-10(2)3)8-6-12(11)15;8-6-3-1-5(2-4-6)7(9)10;/h10-12,15H,4-9H2,1-3H3;1-4H,8H2,(H,9,10);1H. The number of piperidine rings is 1. The Morgan fingerprint density at radius 3 is 2.39 bits per heavy atom. The lowest BCUT2D eigenvalue weighted by Crippen LogP contribution is -2.47. The van der Waals surface area contributed by atoms with Gasteiger partial charge in [0.25, 0.3) is 0 Å². The van der Waals surface area contributed by atoms with Crippen LogP contribution in [0.4, 0.5) is 5.69 Å². The Morgan fingerprint density at radius 1 is 1.29 bits per heavy atom. The second-order valence-electron chi connectivity index (χ2n) is 7.12. The zero-order valence-electron chi connectivity index (χ0n) is 16.8. The van der Waals surface area contributed by atoms with Gasteiger partial charge in [0.2, 0.25) is 0 Å². The van der Waals surface area contributed by atoms with Crippen molar-refractivity contribution >= 4 is 30.0 Å². The molecule has 2 rings (SSSR count). The fraction of sp³-hybridized carbons (Fsp3) is 0.600. The van der Waals surface area contributed by atoms with Gasteiger partial charge >= 0.3 is 11.9 Å². The number of carboxylic acid groups (broad SMARTS) is 1. The summed E-state index contributed by atoms with van der Waals surface area (Å²) < 4.78 is 5.00. The van der Waals surface area contributed by atoms with Gasteiger partial charge in [-0.25, -0.2) is 4.79 Å². The minimum Gasteiger partial charge on any atom is -0.478 e. The highest BCUT2D eigenvalue weighted by Gasteiger charge is 2.33. The molecule has 0 spiro atoms. The van der Waals surface area contributed by atoms with Gasteiger partial charge in [0, 0.05) is 18.8 Å². The Bertz CT molecular complexity index is 595. The van der Waals surface area contributed by atoms with E-state index in [9.17, 15) is 14.7 Å². The van der Waals surface area contributed by atoms with E-state index in [-0.39, 0.29) is 29.9 Å². The number of carboxylic acids is 1. The number of halogens is 1. The number of hydrogen-bond acceptors (Lipinski definition) is 6. The maximum absolute atomic E-state index is 11.7. The van der Waals surface area contributed by atoms with E-state index in [1.54, 1.807) is 19.1 Å². The van der Waals surface area contributed by atoms with Crippen molar-refractivity contribution in [3.8, 4) is 0 Å². The normalized spacial score (nSPS) is 19.2. The average Bonchev–Trinajstić information content (AvgIpc) is 2.62. The Labute approximate surface area is 173 Å². The molecule has 160 valence electrons. The number of nitrogen functional groups attached to an aromatic ring is 1. The first-order valence-corrected chi connectivity index (χ1v) is 9.40. The van der Waals surface area contributed by atoms with Gasteiger partial charge in [0.1, 0.15) is 0 Å². The van der Waals surface area contributed by atoms with E-state index in [0.717, 1.165) is 19.5 Å². The second kappa shape index (κ2) is 13.4. The van der Waals surface area contributed by atoms with Gasteiger partial charge in [0.05, 0.1) is 24.2 Å². The van der Waals surface area contributed by atoms with Crippen LogP contribution in [0.25, 0.3) is 0 Å². The molecule has 1 aromatic carbocycles. The highest BCUT2D eigenvalue weighted by Crippen LogP contribution is 2.19. The van der Waals surface area contributed by atoms with E-state index in [4.69, 9.17) is 15.6 Å². The summed E-state index contributed by atoms with van der Waals surface area (Å²) in [6, 6.07) is 6.06. The van der Waals surface area contributed by atoms with Crippen molar-refractivity contribution in [3.05, 3.63) is 29.8 Å². The molecule has 0 bridgehead atoms. The van der Waals surface area contributed by atoms with Gasteiger partial charge in [0.15, 0.2) is 0 Å². The van der Waals surface area contributed by atoms with Gasteiger partial charge in [-0.3, -0.25) is 4.79 Å². The van der Waals surface area contributed by atoms with Crippen molar-refractivity contribution in [3.63, 3.8) is 0 Å². The van der Waals surface area contributed by atoms with Crippen LogP contribution in [0.3, 0.4) is 0 Å². The largest absolute Gasteiger partial charge is 0.478 e. The Morgan fingerprint density at radius 2 is 1.89 bits per heavy atom. The number of likely N-dealkylation sites (tertiary alicyclic amines) is 1. The number of rotatable bonds is 6. The van der Waals surface area contributed by atoms with Crippen LogP contribution in [0.2, 0.25) is 0 Å². The number of nitrogens with two attached hydrogens (primary N) is 1. The predicted molar refractivity (Wildman–Crippen MR) is 112 cm³/mol. The summed E-state index contributed by atoms with van der Waals surface area (Å²) in [5, 5.41) is 18.3. The van der Waals surface area contributed by atoms with E-state index in [1.807, 2.05) is 0 Å². The highest BCUT2D eigenvalue weighted by atomic mass is 35.5. The molecule has 1 aromatic rings. The van der Waals surface area contributed by atoms with Crippen LogP contribution in [0.1, 0.15) is 44.0 Å². The maximum Gasteiger partial charge on any atom is 0.335 e. The van der Waals surface area contributed by atoms with E-state index in [0.29, 0.717) is 31.2 Å². The first-order valence-electron chi connectivity index (χ1n) is 9.40. The molecule has 2 atom stereocenters. The van der Waals surface area contributed by atoms with Crippen molar-refractivity contribution in [2.45, 2.75) is 39.7 Å². The topological polar surface area (TPSA) is 113 Å². The van der Waals surface area contributed by atoms with Crippen LogP contribution < -0.4 is 5.73 Å². The van der Waals surface area contributed by atoms with Crippen LogP contribution in [0.5, 0.6) is 0 Å². The summed E-state index contributed by atoms with van der Waals surface area (Å²) in [6.07, 6.45) is 1.26. The third-order valence-electron chi connectivity index (χ3n) is 4.43. The summed E-state index contributed by atoms with van der Waals surface area (Å²) in [6.45, 7) is 9.08. The molecule has 1 fully saturated rings. The average molecular weight is 417 g/mol. The van der Waals surface area contributed by atoms with Crippen LogP contribution in [-0.4, -0.2) is 59.4 Å². The number of carbonyl (C=O) groups is 2. The first-order chi connectivity index (χ1) is 12.7. The number of aliphatic hydroxyl groups is 1. The SMILES string of the molecule is CCOC(=O)C1CN(CCC(C)C)CCC1O.Cl.Nc1ccc(C(=O)O)cc1. The minimum absolute atomic E-state index is 0. The fourth-order valence-electron chi connectivity index (χ4n) is 2.76. The number of nitrogens with zero attached hydrogens (tertiary/aromatic N) is 1. The van der Waals surface area contributed by atoms with E-state index < -0.39 is 12.1 Å². The lowest BCUT2D eigenvalue weighted by atomic mass is 9.94. The molecular weight excluding hydrogens is 384 g/mol. The monoisotopic (exact) mass is 416 g/mol. The number of benzene rings is 1. The molecule has 1 aliphatic heterocycles. The van der Waals surface area contributed by atoms with E-state index in [1.165, 1.54) is 12.1 Å². The number of aromatic carboxylic acids is 1. The molecule has 0 amide bonds. The van der Waals surface area contributed by atoms with Crippen LogP contribution in [0, 0.1) is 11.8 Å². The molecule has 0 saturated carbocycles. The zero-order chi connectivity index (χ0) is 20.4. The Kier molecular flexibility index (Phi) is 12.5. The molecule has 7 nitrogen and oxygen atoms in total. The summed E-state index contributed by atoms with van der Waals surface area (Å²) in [7, 11) is 0. The lowest BCUT2D eigenvalue weighted by molar-refractivity contribution is -0.155. The van der Waals surface area contributed by atoms with Crippen LogP contribution in [-0.2, 0) is 9.53 Å². The Balaban J connectivity index is 0.000000567. The highest BCUT2D eigenvalue weighted by molar-refractivity contribution is 5.87. The molecule has 0 radical (unpaired) electrons. The molecule has 2 unspecified atom stereocenters. The molecule has 0 aromatic heterocycles. The Hall–Kier alpha value is -1.83. The van der Waals surface area contributed by atoms with Gasteiger partial charge in [-0.1, -0.05) is 13.8 Å². The second-order valence-corrected chi connectivity index (χ2v) is 7.12. The molecule has 4 N–H and O–H groups in total. The van der Waals surface area contributed by atoms with Crippen LogP contribution >= 0.6 is 12.4 Å². The van der Waals surface area contributed by atoms with Crippen molar-refractivity contribution in [2.75, 3.05) is 32.0 Å². The maximum atomic E-state index is 11.7. The minimum atomic E-state index is -0.931. The molecule has 28 heavy (non-hydrogen) atoms. The van der Waals surface area contributed by atoms with E-state index >= 15 is 0 Å². The number of ether oxygens (including phenoxy) is 1. The number of anilines is 1. The predicted octanol–water partition coefficient (Wildman–Crippen LogP) is 2.67. The van der Waals surface area contributed by atoms with Crippen molar-refractivity contribution < 1.29 is 24.5 Å². The molecule has 0 aliphatic carbocycles. The van der Waals surface area contributed by atoms with Crippen molar-refractivity contribution in [2.24, 2.45) is 11.8 Å². The van der Waals surface area contributed by atoms with Crippen molar-refractivity contribution in [1.29, 1.82) is 0 Å². The number of carbonyl (C=O) groups excluding carboxylic acids is 1. The van der Waals surface area contributed by atoms with Gasteiger partial charge in [-0.15, -0.1) is 12.4 Å². The van der Waals surface area contributed by atoms with E-state index in [2.05, 4.69) is 18.7 Å². The van der Waals surface area contributed by atoms with Crippen molar-refractivity contribution in [1.82, 2.24) is 4.90 Å². The van der Waals surface area contributed by atoms with Crippen LogP contribution in [0.15, 0.2) is 24.3 Å². The summed E-state index contributed by atoms with van der Waals surface area (Å²) in [5.41, 5.74) is 6.17. The fourth-order valence-corrected chi connectivity index (χ4v) is 2.76. The molecular formula is C20H33ClN2O5. The quantitative estimate of drug-likeness (QED) is 0.482. The summed E-state index contributed by atoms with van der Waals surface area (Å²) in [4.78, 5) is 24.2. The third kappa shape index (κ3) is 9.39.